The summed E-state index contributed by atoms with van der Waals surface area (Å²) in [5.41, 5.74) is 1.65. The summed E-state index contributed by atoms with van der Waals surface area (Å²) in [6.45, 7) is 2.05. The third kappa shape index (κ3) is 4.38. The summed E-state index contributed by atoms with van der Waals surface area (Å²) in [7, 11) is 3.28. The molecule has 0 radical (unpaired) electrons. The van der Waals surface area contributed by atoms with Crippen molar-refractivity contribution in [3.05, 3.63) is 53.6 Å². The summed E-state index contributed by atoms with van der Waals surface area (Å²) in [4.78, 5) is 15.3. The molecule has 0 N–H and O–H groups in total. The molecule has 160 valence electrons. The third-order valence-electron chi connectivity index (χ3n) is 5.85. The zero-order valence-corrected chi connectivity index (χ0v) is 17.6. The fraction of sp³-hybridized carbons (Fsp3) is 0.458. The summed E-state index contributed by atoms with van der Waals surface area (Å²) >= 11 is 0. The summed E-state index contributed by atoms with van der Waals surface area (Å²) < 4.78 is 22.4. The summed E-state index contributed by atoms with van der Waals surface area (Å²) in [5, 5.41) is 0. The molecule has 2 aliphatic rings. The molecule has 0 spiro atoms. The van der Waals surface area contributed by atoms with Gasteiger partial charge in [0.25, 0.3) is 5.91 Å². The first-order chi connectivity index (χ1) is 14.7. The minimum absolute atomic E-state index is 0.0120. The van der Waals surface area contributed by atoms with Crippen LogP contribution in [0.15, 0.2) is 42.5 Å². The van der Waals surface area contributed by atoms with Crippen molar-refractivity contribution >= 4 is 5.91 Å². The van der Waals surface area contributed by atoms with Gasteiger partial charge in [-0.1, -0.05) is 6.07 Å². The molecule has 6 nitrogen and oxygen atoms in total. The molecule has 0 bridgehead atoms. The predicted molar refractivity (Wildman–Crippen MR) is 113 cm³/mol. The quantitative estimate of drug-likeness (QED) is 0.682. The smallest absolute Gasteiger partial charge is 0.254 e. The van der Waals surface area contributed by atoms with Crippen LogP contribution in [0.2, 0.25) is 0 Å². The van der Waals surface area contributed by atoms with Crippen LogP contribution in [0.1, 0.15) is 47.6 Å². The molecule has 2 aromatic rings. The zero-order chi connectivity index (χ0) is 20.9. The van der Waals surface area contributed by atoms with E-state index in [9.17, 15) is 4.79 Å². The SMILES string of the molecule is COc1ccc([C@@H]2CCCN2C(=O)c2cccc(OC[C@H]3CCCO3)c2)c(OC)c1. The van der Waals surface area contributed by atoms with Gasteiger partial charge < -0.3 is 23.8 Å². The number of likely N-dealkylation sites (tertiary alicyclic amines) is 1. The highest BCUT2D eigenvalue weighted by Crippen LogP contribution is 2.39. The second-order valence-corrected chi connectivity index (χ2v) is 7.74. The van der Waals surface area contributed by atoms with E-state index in [1.807, 2.05) is 47.4 Å². The van der Waals surface area contributed by atoms with Gasteiger partial charge in [-0.25, -0.2) is 0 Å². The van der Waals surface area contributed by atoms with Gasteiger partial charge >= 0.3 is 0 Å². The number of hydrogen-bond donors (Lipinski definition) is 0. The van der Waals surface area contributed by atoms with E-state index in [0.29, 0.717) is 17.9 Å². The Morgan fingerprint density at radius 1 is 1.07 bits per heavy atom. The normalized spacial score (nSPS) is 20.9. The van der Waals surface area contributed by atoms with Crippen molar-refractivity contribution in [1.29, 1.82) is 0 Å². The van der Waals surface area contributed by atoms with E-state index in [1.165, 1.54) is 0 Å². The number of carbonyl (C=O) groups is 1. The van der Waals surface area contributed by atoms with Gasteiger partial charge in [-0.15, -0.1) is 0 Å². The fourth-order valence-corrected chi connectivity index (χ4v) is 4.28. The second kappa shape index (κ2) is 9.39. The number of ether oxygens (including phenoxy) is 4. The highest BCUT2D eigenvalue weighted by molar-refractivity contribution is 5.95. The van der Waals surface area contributed by atoms with Gasteiger partial charge in [0.2, 0.25) is 0 Å². The lowest BCUT2D eigenvalue weighted by atomic mass is 10.0. The van der Waals surface area contributed by atoms with Crippen molar-refractivity contribution in [2.45, 2.75) is 37.8 Å². The highest BCUT2D eigenvalue weighted by atomic mass is 16.5. The molecule has 30 heavy (non-hydrogen) atoms. The molecule has 0 aromatic heterocycles. The number of amides is 1. The number of methoxy groups -OCH3 is 2. The first kappa shape index (κ1) is 20.5. The second-order valence-electron chi connectivity index (χ2n) is 7.74. The number of carbonyl (C=O) groups excluding carboxylic acids is 1. The van der Waals surface area contributed by atoms with Crippen LogP contribution in [-0.4, -0.2) is 50.9 Å². The lowest BCUT2D eigenvalue weighted by molar-refractivity contribution is 0.0676. The van der Waals surface area contributed by atoms with E-state index in [1.54, 1.807) is 14.2 Å². The fourth-order valence-electron chi connectivity index (χ4n) is 4.28. The largest absolute Gasteiger partial charge is 0.497 e. The van der Waals surface area contributed by atoms with Crippen molar-refractivity contribution in [3.63, 3.8) is 0 Å². The Balaban J connectivity index is 1.50. The standard InChI is InChI=1S/C24H29NO5/c1-27-18-10-11-21(23(15-18)28-2)22-9-4-12-25(22)24(26)17-6-3-7-19(14-17)30-16-20-8-5-13-29-20/h3,6-7,10-11,14-15,20,22H,4-5,8-9,12-13,16H2,1-2H3/t20-,22+/m1/s1. The van der Waals surface area contributed by atoms with Crippen molar-refractivity contribution in [1.82, 2.24) is 4.90 Å². The van der Waals surface area contributed by atoms with Crippen LogP contribution in [0.3, 0.4) is 0 Å². The van der Waals surface area contributed by atoms with Crippen molar-refractivity contribution in [2.24, 2.45) is 0 Å². The summed E-state index contributed by atoms with van der Waals surface area (Å²) in [6, 6.07) is 13.2. The number of benzene rings is 2. The average molecular weight is 411 g/mol. The minimum atomic E-state index is -0.0187. The van der Waals surface area contributed by atoms with E-state index < -0.39 is 0 Å². The first-order valence-electron chi connectivity index (χ1n) is 10.6. The Morgan fingerprint density at radius 3 is 2.73 bits per heavy atom. The maximum absolute atomic E-state index is 13.3. The molecule has 2 atom stereocenters. The van der Waals surface area contributed by atoms with Crippen LogP contribution >= 0.6 is 0 Å². The molecular weight excluding hydrogens is 382 g/mol. The molecule has 2 fully saturated rings. The number of nitrogens with zero attached hydrogens (tertiary/aromatic N) is 1. The molecule has 1 amide bonds. The van der Waals surface area contributed by atoms with Gasteiger partial charge in [0.1, 0.15) is 23.9 Å². The van der Waals surface area contributed by atoms with Gasteiger partial charge in [-0.05, 0) is 56.0 Å². The molecule has 4 rings (SSSR count). The molecule has 6 heteroatoms. The first-order valence-corrected chi connectivity index (χ1v) is 10.6. The Labute approximate surface area is 177 Å². The molecule has 2 heterocycles. The van der Waals surface area contributed by atoms with E-state index in [4.69, 9.17) is 18.9 Å². The Morgan fingerprint density at radius 2 is 1.97 bits per heavy atom. The van der Waals surface area contributed by atoms with Crippen LogP contribution in [-0.2, 0) is 4.74 Å². The van der Waals surface area contributed by atoms with Gasteiger partial charge in [-0.2, -0.15) is 0 Å². The van der Waals surface area contributed by atoms with Crippen LogP contribution in [0.4, 0.5) is 0 Å². The van der Waals surface area contributed by atoms with Gasteiger partial charge in [0.05, 0.1) is 26.4 Å². The average Bonchev–Trinajstić information content (AvgIpc) is 3.49. The molecule has 0 saturated carbocycles. The van der Waals surface area contributed by atoms with Crippen LogP contribution in [0, 0.1) is 0 Å². The van der Waals surface area contributed by atoms with E-state index in [2.05, 4.69) is 0 Å². The van der Waals surface area contributed by atoms with Gasteiger partial charge in [0, 0.05) is 30.3 Å². The van der Waals surface area contributed by atoms with E-state index >= 15 is 0 Å². The monoisotopic (exact) mass is 411 g/mol. The lowest BCUT2D eigenvalue weighted by Gasteiger charge is -2.27. The van der Waals surface area contributed by atoms with Crippen molar-refractivity contribution in [3.8, 4) is 17.2 Å². The van der Waals surface area contributed by atoms with Crippen LogP contribution in [0.5, 0.6) is 17.2 Å². The molecule has 2 aliphatic heterocycles. The third-order valence-corrected chi connectivity index (χ3v) is 5.85. The molecule has 0 aliphatic carbocycles. The Hall–Kier alpha value is -2.73. The zero-order valence-electron chi connectivity index (χ0n) is 17.6. The van der Waals surface area contributed by atoms with Gasteiger partial charge in [-0.3, -0.25) is 4.79 Å². The summed E-state index contributed by atoms with van der Waals surface area (Å²) in [5.74, 6) is 2.20. The van der Waals surface area contributed by atoms with Gasteiger partial charge in [0.15, 0.2) is 0 Å². The van der Waals surface area contributed by atoms with Crippen molar-refractivity contribution < 1.29 is 23.7 Å². The Kier molecular flexibility index (Phi) is 6.43. The van der Waals surface area contributed by atoms with Crippen LogP contribution in [0.25, 0.3) is 0 Å². The maximum Gasteiger partial charge on any atom is 0.254 e. The summed E-state index contributed by atoms with van der Waals surface area (Å²) in [6.07, 6.45) is 4.12. The molecule has 2 saturated heterocycles. The van der Waals surface area contributed by atoms with E-state index in [-0.39, 0.29) is 18.1 Å². The molecule has 0 unspecified atom stereocenters. The predicted octanol–water partition coefficient (Wildman–Crippen LogP) is 4.24. The van der Waals surface area contributed by atoms with Crippen molar-refractivity contribution in [2.75, 3.05) is 34.0 Å². The number of rotatable bonds is 7. The molecule has 2 aromatic carbocycles. The van der Waals surface area contributed by atoms with E-state index in [0.717, 1.165) is 55.9 Å². The topological polar surface area (TPSA) is 57.2 Å². The molecular formula is C24H29NO5. The highest BCUT2D eigenvalue weighted by Gasteiger charge is 2.32. The minimum Gasteiger partial charge on any atom is -0.497 e. The van der Waals surface area contributed by atoms with Crippen LogP contribution < -0.4 is 14.2 Å². The number of hydrogen-bond acceptors (Lipinski definition) is 5. The maximum atomic E-state index is 13.3. The Bertz CT molecular complexity index is 878. The lowest BCUT2D eigenvalue weighted by Crippen LogP contribution is -2.30.